The summed E-state index contributed by atoms with van der Waals surface area (Å²) in [6.07, 6.45) is 1.92. The largest absolute Gasteiger partial charge is 0.334 e. The smallest absolute Gasteiger partial charge is 0.246 e. The molecule has 5 heteroatoms. The molecule has 1 aromatic carbocycles. The second kappa shape index (κ2) is 5.93. The molecule has 21 heavy (non-hydrogen) atoms. The maximum Gasteiger partial charge on any atom is 0.246 e. The van der Waals surface area contributed by atoms with E-state index in [9.17, 15) is 0 Å². The Hall–Kier alpha value is -2.40. The minimum atomic E-state index is 0.571. The summed E-state index contributed by atoms with van der Waals surface area (Å²) in [5.41, 5.74) is 8.97. The summed E-state index contributed by atoms with van der Waals surface area (Å²) in [7, 11) is 0. The fraction of sp³-hybridized carbons (Fsp3) is 0.250. The van der Waals surface area contributed by atoms with Crippen LogP contribution < -0.4 is 10.6 Å². The van der Waals surface area contributed by atoms with E-state index in [-0.39, 0.29) is 0 Å². The predicted octanol–water partition coefficient (Wildman–Crippen LogP) is 2.00. The minimum Gasteiger partial charge on any atom is -0.334 e. The normalized spacial score (nSPS) is 11.0. The van der Waals surface area contributed by atoms with E-state index >= 15 is 0 Å². The van der Waals surface area contributed by atoms with Gasteiger partial charge < -0.3 is 10.6 Å². The van der Waals surface area contributed by atoms with E-state index < -0.39 is 0 Å². The second-order valence-corrected chi connectivity index (χ2v) is 5.07. The summed E-state index contributed by atoms with van der Waals surface area (Å²) in [5, 5.41) is 4.56. The maximum atomic E-state index is 5.74. The van der Waals surface area contributed by atoms with Gasteiger partial charge in [0, 0.05) is 25.8 Å². The highest BCUT2D eigenvalue weighted by Gasteiger charge is 2.13. The van der Waals surface area contributed by atoms with Crippen molar-refractivity contribution in [3.05, 3.63) is 59.8 Å². The van der Waals surface area contributed by atoms with E-state index in [4.69, 9.17) is 5.73 Å². The van der Waals surface area contributed by atoms with Crippen LogP contribution in [0.4, 0.5) is 5.95 Å². The zero-order valence-electron chi connectivity index (χ0n) is 12.1. The molecule has 0 aliphatic carbocycles. The third-order valence-electron chi connectivity index (χ3n) is 3.44. The number of nitrogens with zero attached hydrogens (tertiary/aromatic N) is 4. The van der Waals surface area contributed by atoms with Crippen LogP contribution in [0.1, 0.15) is 11.1 Å². The molecular weight excluding hydrogens is 262 g/mol. The van der Waals surface area contributed by atoms with Crippen LogP contribution in [0.3, 0.4) is 0 Å². The molecular formula is C16H19N5. The van der Waals surface area contributed by atoms with E-state index in [1.165, 1.54) is 5.56 Å². The molecule has 5 nitrogen and oxygen atoms in total. The van der Waals surface area contributed by atoms with Gasteiger partial charge in [0.1, 0.15) is 0 Å². The Morgan fingerprint density at radius 3 is 2.67 bits per heavy atom. The fourth-order valence-corrected chi connectivity index (χ4v) is 2.37. The number of fused-ring (bicyclic) bond motifs is 1. The number of aryl methyl sites for hydroxylation is 1. The molecule has 2 heterocycles. The van der Waals surface area contributed by atoms with Gasteiger partial charge in [-0.05, 0) is 24.1 Å². The highest BCUT2D eigenvalue weighted by Crippen LogP contribution is 2.15. The van der Waals surface area contributed by atoms with Crippen molar-refractivity contribution in [1.82, 2.24) is 14.6 Å². The molecule has 0 saturated carbocycles. The third kappa shape index (κ3) is 2.87. The van der Waals surface area contributed by atoms with Gasteiger partial charge in [-0.2, -0.15) is 4.98 Å². The van der Waals surface area contributed by atoms with Crippen LogP contribution in [0.2, 0.25) is 0 Å². The van der Waals surface area contributed by atoms with Gasteiger partial charge in [0.15, 0.2) is 5.65 Å². The number of benzene rings is 1. The monoisotopic (exact) mass is 281 g/mol. The molecule has 0 amide bonds. The van der Waals surface area contributed by atoms with Gasteiger partial charge in [-0.15, -0.1) is 5.10 Å². The lowest BCUT2D eigenvalue weighted by Crippen LogP contribution is -2.29. The molecule has 0 spiro atoms. The van der Waals surface area contributed by atoms with Gasteiger partial charge in [0.05, 0.1) is 0 Å². The molecule has 108 valence electrons. The molecule has 3 rings (SSSR count). The van der Waals surface area contributed by atoms with E-state index in [2.05, 4.69) is 27.1 Å². The highest BCUT2D eigenvalue weighted by atomic mass is 15.4. The summed E-state index contributed by atoms with van der Waals surface area (Å²) >= 11 is 0. The molecule has 0 atom stereocenters. The Bertz CT molecular complexity index is 720. The number of nitrogens with two attached hydrogens (primary N) is 1. The van der Waals surface area contributed by atoms with Crippen LogP contribution in [0, 0.1) is 6.92 Å². The first-order valence-electron chi connectivity index (χ1n) is 7.09. The maximum absolute atomic E-state index is 5.74. The van der Waals surface area contributed by atoms with Gasteiger partial charge in [-0.25, -0.2) is 4.52 Å². The number of hydrogen-bond acceptors (Lipinski definition) is 4. The Morgan fingerprint density at radius 1 is 1.14 bits per heavy atom. The Labute approximate surface area is 124 Å². The third-order valence-corrected chi connectivity index (χ3v) is 3.44. The van der Waals surface area contributed by atoms with Crippen molar-refractivity contribution in [1.29, 1.82) is 0 Å². The molecule has 0 aliphatic heterocycles. The standard InChI is InChI=1S/C16H19N5/c1-13-6-5-10-21-15(13)18-16(19-21)20(11-9-17)12-14-7-3-2-4-8-14/h2-8,10H,9,11-12,17H2,1H3. The number of anilines is 1. The van der Waals surface area contributed by atoms with Crippen molar-refractivity contribution < 1.29 is 0 Å². The average Bonchev–Trinajstić information content (AvgIpc) is 2.93. The van der Waals surface area contributed by atoms with Crippen molar-refractivity contribution in [3.8, 4) is 0 Å². The predicted molar refractivity (Wildman–Crippen MR) is 84.3 cm³/mol. The average molecular weight is 281 g/mol. The van der Waals surface area contributed by atoms with E-state index in [1.807, 2.05) is 48.0 Å². The Morgan fingerprint density at radius 2 is 1.95 bits per heavy atom. The molecule has 0 unspecified atom stereocenters. The molecule has 0 saturated heterocycles. The Kier molecular flexibility index (Phi) is 3.83. The lowest BCUT2D eigenvalue weighted by molar-refractivity contribution is 0.755. The zero-order valence-corrected chi connectivity index (χ0v) is 12.1. The van der Waals surface area contributed by atoms with Gasteiger partial charge >= 0.3 is 0 Å². The molecule has 0 fully saturated rings. The van der Waals surface area contributed by atoms with Crippen LogP contribution in [0.5, 0.6) is 0 Å². The first-order valence-corrected chi connectivity index (χ1v) is 7.09. The fourth-order valence-electron chi connectivity index (χ4n) is 2.37. The van der Waals surface area contributed by atoms with Crippen molar-refractivity contribution in [2.75, 3.05) is 18.0 Å². The van der Waals surface area contributed by atoms with Crippen molar-refractivity contribution >= 4 is 11.6 Å². The minimum absolute atomic E-state index is 0.571. The van der Waals surface area contributed by atoms with Crippen LogP contribution >= 0.6 is 0 Å². The van der Waals surface area contributed by atoms with Gasteiger partial charge in [0.25, 0.3) is 0 Å². The Balaban J connectivity index is 1.93. The van der Waals surface area contributed by atoms with Crippen molar-refractivity contribution in [3.63, 3.8) is 0 Å². The topological polar surface area (TPSA) is 59.5 Å². The van der Waals surface area contributed by atoms with Crippen molar-refractivity contribution in [2.24, 2.45) is 5.73 Å². The van der Waals surface area contributed by atoms with E-state index in [0.717, 1.165) is 30.2 Å². The first kappa shape index (κ1) is 13.6. The van der Waals surface area contributed by atoms with Gasteiger partial charge in [-0.1, -0.05) is 36.4 Å². The van der Waals surface area contributed by atoms with E-state index in [1.54, 1.807) is 0 Å². The number of hydrogen-bond donors (Lipinski definition) is 1. The molecule has 2 N–H and O–H groups in total. The SMILES string of the molecule is Cc1cccn2nc(N(CCN)Cc3ccccc3)nc12. The van der Waals surface area contributed by atoms with E-state index in [0.29, 0.717) is 6.54 Å². The van der Waals surface area contributed by atoms with Crippen LogP contribution in [0.25, 0.3) is 5.65 Å². The molecule has 0 radical (unpaired) electrons. The summed E-state index contributed by atoms with van der Waals surface area (Å²) < 4.78 is 1.82. The number of aromatic nitrogens is 3. The summed E-state index contributed by atoms with van der Waals surface area (Å²) in [6.45, 7) is 4.10. The molecule has 0 bridgehead atoms. The molecule has 0 aliphatic rings. The number of rotatable bonds is 5. The summed E-state index contributed by atoms with van der Waals surface area (Å²) in [5.74, 6) is 0.721. The van der Waals surface area contributed by atoms with Crippen molar-refractivity contribution in [2.45, 2.75) is 13.5 Å². The zero-order chi connectivity index (χ0) is 14.7. The quantitative estimate of drug-likeness (QED) is 0.777. The first-order chi connectivity index (χ1) is 10.3. The lowest BCUT2D eigenvalue weighted by atomic mass is 10.2. The second-order valence-electron chi connectivity index (χ2n) is 5.07. The highest BCUT2D eigenvalue weighted by molar-refractivity contribution is 5.50. The van der Waals surface area contributed by atoms with Crippen LogP contribution in [-0.2, 0) is 6.54 Å². The molecule has 3 aromatic rings. The van der Waals surface area contributed by atoms with Gasteiger partial charge in [-0.3, -0.25) is 0 Å². The van der Waals surface area contributed by atoms with Crippen LogP contribution in [0.15, 0.2) is 48.7 Å². The van der Waals surface area contributed by atoms with Crippen LogP contribution in [-0.4, -0.2) is 27.7 Å². The summed E-state index contributed by atoms with van der Waals surface area (Å²) in [4.78, 5) is 6.76. The van der Waals surface area contributed by atoms with Gasteiger partial charge in [0.2, 0.25) is 5.95 Å². The number of pyridine rings is 1. The summed E-state index contributed by atoms with van der Waals surface area (Å²) in [6, 6.07) is 14.3. The lowest BCUT2D eigenvalue weighted by Gasteiger charge is -2.20. The molecule has 2 aromatic heterocycles.